The Morgan fingerprint density at radius 3 is 2.43 bits per heavy atom. The van der Waals surface area contributed by atoms with Crippen molar-refractivity contribution in [2.75, 3.05) is 57.8 Å². The Balaban J connectivity index is 1.31. The van der Waals surface area contributed by atoms with Crippen LogP contribution in [0.2, 0.25) is 0 Å². The number of methoxy groups -OCH3 is 1. The number of anilines is 1. The lowest BCUT2D eigenvalue weighted by Gasteiger charge is -2.37. The van der Waals surface area contributed by atoms with Crippen molar-refractivity contribution in [2.24, 2.45) is 5.92 Å². The Morgan fingerprint density at radius 1 is 0.914 bits per heavy atom. The number of halogens is 1. The molecule has 5 nitrogen and oxygen atoms in total. The van der Waals surface area contributed by atoms with Crippen LogP contribution in [0.1, 0.15) is 21.8 Å². The van der Waals surface area contributed by atoms with Crippen LogP contribution >= 0.6 is 0 Å². The number of rotatable bonds is 6. The van der Waals surface area contributed by atoms with Gasteiger partial charge in [-0.25, -0.2) is 4.39 Å². The highest BCUT2D eigenvalue weighted by Gasteiger charge is 2.38. The van der Waals surface area contributed by atoms with E-state index in [1.54, 1.807) is 19.2 Å². The molecule has 0 aliphatic carbocycles. The van der Waals surface area contributed by atoms with E-state index < -0.39 is 0 Å². The summed E-state index contributed by atoms with van der Waals surface area (Å²) in [6.45, 7) is 6.19. The Bertz CT molecular complexity index is 1150. The summed E-state index contributed by atoms with van der Waals surface area (Å²) >= 11 is 0. The summed E-state index contributed by atoms with van der Waals surface area (Å²) in [7, 11) is 1.68. The standard InChI is InChI=1S/C29H32FN3O2/c1-35-27-12-6-7-22(18-27)28-21-33(29(34)23-8-5-9-25(30)17-23)20-24(28)19-31-13-15-32(16-14-31)26-10-3-2-4-11-26/h2-12,17-18,24,28H,13-16,19-21H2,1H3. The maximum Gasteiger partial charge on any atom is 0.253 e. The maximum absolute atomic E-state index is 13.8. The molecule has 2 aliphatic rings. The van der Waals surface area contributed by atoms with Crippen molar-refractivity contribution in [1.29, 1.82) is 0 Å². The van der Waals surface area contributed by atoms with Gasteiger partial charge in [-0.3, -0.25) is 9.69 Å². The number of nitrogens with zero attached hydrogens (tertiary/aromatic N) is 3. The van der Waals surface area contributed by atoms with E-state index in [4.69, 9.17) is 4.74 Å². The predicted molar refractivity (Wildman–Crippen MR) is 137 cm³/mol. The number of piperazine rings is 1. The summed E-state index contributed by atoms with van der Waals surface area (Å²) < 4.78 is 19.3. The number of hydrogen-bond donors (Lipinski definition) is 0. The summed E-state index contributed by atoms with van der Waals surface area (Å²) in [6.07, 6.45) is 0. The van der Waals surface area contributed by atoms with Gasteiger partial charge in [0, 0.05) is 63.0 Å². The highest BCUT2D eigenvalue weighted by Crippen LogP contribution is 2.36. The van der Waals surface area contributed by atoms with Gasteiger partial charge in [-0.05, 0) is 53.9 Å². The fourth-order valence-corrected chi connectivity index (χ4v) is 5.44. The molecule has 2 saturated heterocycles. The van der Waals surface area contributed by atoms with Gasteiger partial charge in [0.05, 0.1) is 7.11 Å². The molecule has 0 aromatic heterocycles. The molecule has 2 fully saturated rings. The summed E-state index contributed by atoms with van der Waals surface area (Å²) in [6, 6.07) is 24.7. The zero-order valence-corrected chi connectivity index (χ0v) is 20.1. The lowest BCUT2D eigenvalue weighted by Crippen LogP contribution is -2.48. The molecule has 35 heavy (non-hydrogen) atoms. The maximum atomic E-state index is 13.8. The van der Waals surface area contributed by atoms with Crippen molar-refractivity contribution in [3.63, 3.8) is 0 Å². The molecule has 5 rings (SSSR count). The zero-order valence-electron chi connectivity index (χ0n) is 20.1. The molecule has 182 valence electrons. The molecule has 2 atom stereocenters. The molecular weight excluding hydrogens is 441 g/mol. The molecule has 3 aromatic carbocycles. The first-order valence-electron chi connectivity index (χ1n) is 12.3. The van der Waals surface area contributed by atoms with Crippen LogP contribution in [0.5, 0.6) is 5.75 Å². The van der Waals surface area contributed by atoms with Gasteiger partial charge >= 0.3 is 0 Å². The second-order valence-corrected chi connectivity index (χ2v) is 9.49. The minimum atomic E-state index is -0.382. The van der Waals surface area contributed by atoms with Crippen molar-refractivity contribution in [1.82, 2.24) is 9.80 Å². The van der Waals surface area contributed by atoms with Gasteiger partial charge in [0.15, 0.2) is 0 Å². The first-order valence-corrected chi connectivity index (χ1v) is 12.3. The molecular formula is C29H32FN3O2. The molecule has 6 heteroatoms. The molecule has 2 unspecified atom stereocenters. The van der Waals surface area contributed by atoms with E-state index in [0.29, 0.717) is 24.6 Å². The van der Waals surface area contributed by atoms with Crippen LogP contribution in [0.25, 0.3) is 0 Å². The Kier molecular flexibility index (Phi) is 7.00. The second-order valence-electron chi connectivity index (χ2n) is 9.49. The zero-order chi connectivity index (χ0) is 24.2. The Labute approximate surface area is 206 Å². The molecule has 2 heterocycles. The average molecular weight is 474 g/mol. The molecule has 0 spiro atoms. The van der Waals surface area contributed by atoms with E-state index in [-0.39, 0.29) is 17.6 Å². The second kappa shape index (κ2) is 10.5. The average Bonchev–Trinajstić information content (AvgIpc) is 3.33. The lowest BCUT2D eigenvalue weighted by molar-refractivity contribution is 0.0782. The smallest absolute Gasteiger partial charge is 0.253 e. The third-order valence-corrected chi connectivity index (χ3v) is 7.31. The molecule has 2 aliphatic heterocycles. The van der Waals surface area contributed by atoms with Crippen molar-refractivity contribution in [3.8, 4) is 5.75 Å². The van der Waals surface area contributed by atoms with Crippen LogP contribution in [-0.4, -0.2) is 68.6 Å². The number of likely N-dealkylation sites (tertiary alicyclic amines) is 1. The molecule has 1 amide bonds. The van der Waals surface area contributed by atoms with Gasteiger partial charge in [0.1, 0.15) is 11.6 Å². The fourth-order valence-electron chi connectivity index (χ4n) is 5.44. The van der Waals surface area contributed by atoms with Crippen LogP contribution in [0, 0.1) is 11.7 Å². The van der Waals surface area contributed by atoms with E-state index >= 15 is 0 Å². The van der Waals surface area contributed by atoms with Gasteiger partial charge in [-0.1, -0.05) is 36.4 Å². The third kappa shape index (κ3) is 5.33. The normalized spacial score (nSPS) is 20.7. The van der Waals surface area contributed by atoms with E-state index in [0.717, 1.165) is 38.5 Å². The van der Waals surface area contributed by atoms with Crippen molar-refractivity contribution in [2.45, 2.75) is 5.92 Å². The minimum absolute atomic E-state index is 0.103. The van der Waals surface area contributed by atoms with Gasteiger partial charge < -0.3 is 14.5 Å². The van der Waals surface area contributed by atoms with E-state index in [2.05, 4.69) is 52.3 Å². The summed E-state index contributed by atoms with van der Waals surface area (Å²) in [5.41, 5.74) is 2.87. The quantitative estimate of drug-likeness (QED) is 0.528. The molecule has 0 radical (unpaired) electrons. The number of carbonyl (C=O) groups is 1. The van der Waals surface area contributed by atoms with Crippen molar-refractivity contribution >= 4 is 11.6 Å². The number of ether oxygens (including phenoxy) is 1. The van der Waals surface area contributed by atoms with Gasteiger partial charge in [-0.2, -0.15) is 0 Å². The molecule has 0 bridgehead atoms. The topological polar surface area (TPSA) is 36.0 Å². The first kappa shape index (κ1) is 23.4. The summed E-state index contributed by atoms with van der Waals surface area (Å²) in [5.74, 6) is 0.839. The largest absolute Gasteiger partial charge is 0.497 e. The number of benzene rings is 3. The molecule has 0 saturated carbocycles. The number of amides is 1. The molecule has 0 N–H and O–H groups in total. The van der Waals surface area contributed by atoms with Crippen molar-refractivity contribution in [3.05, 3.63) is 95.8 Å². The van der Waals surface area contributed by atoms with Gasteiger partial charge in [0.25, 0.3) is 5.91 Å². The van der Waals surface area contributed by atoms with Gasteiger partial charge in [-0.15, -0.1) is 0 Å². The SMILES string of the molecule is COc1cccc(C2CN(C(=O)c3cccc(F)c3)CC2CN2CCN(c3ccccc3)CC2)c1. The highest BCUT2D eigenvalue weighted by atomic mass is 19.1. The number of para-hydroxylation sites is 1. The number of carbonyl (C=O) groups excluding carboxylic acids is 1. The van der Waals surface area contributed by atoms with Gasteiger partial charge in [0.2, 0.25) is 0 Å². The first-order chi connectivity index (χ1) is 17.1. The minimum Gasteiger partial charge on any atom is -0.497 e. The summed E-state index contributed by atoms with van der Waals surface area (Å²) in [5, 5.41) is 0. The third-order valence-electron chi connectivity index (χ3n) is 7.31. The van der Waals surface area contributed by atoms with Crippen LogP contribution in [-0.2, 0) is 0 Å². The Hall–Kier alpha value is -3.38. The van der Waals surface area contributed by atoms with Crippen LogP contribution in [0.15, 0.2) is 78.9 Å². The predicted octanol–water partition coefficient (Wildman–Crippen LogP) is 4.51. The number of hydrogen-bond acceptors (Lipinski definition) is 4. The Morgan fingerprint density at radius 2 is 1.69 bits per heavy atom. The highest BCUT2D eigenvalue weighted by molar-refractivity contribution is 5.94. The summed E-state index contributed by atoms with van der Waals surface area (Å²) in [4.78, 5) is 20.1. The fraction of sp³-hybridized carbons (Fsp3) is 0.345. The van der Waals surface area contributed by atoms with Crippen molar-refractivity contribution < 1.29 is 13.9 Å². The van der Waals surface area contributed by atoms with Crippen LogP contribution < -0.4 is 9.64 Å². The van der Waals surface area contributed by atoms with Crippen LogP contribution in [0.4, 0.5) is 10.1 Å². The van der Waals surface area contributed by atoms with E-state index in [1.165, 1.54) is 23.4 Å². The van der Waals surface area contributed by atoms with E-state index in [1.807, 2.05) is 17.0 Å². The van der Waals surface area contributed by atoms with E-state index in [9.17, 15) is 9.18 Å². The van der Waals surface area contributed by atoms with Crippen LogP contribution in [0.3, 0.4) is 0 Å². The molecule has 3 aromatic rings. The lowest BCUT2D eigenvalue weighted by atomic mass is 9.88. The monoisotopic (exact) mass is 473 g/mol.